The van der Waals surface area contributed by atoms with Crippen molar-refractivity contribution in [3.8, 4) is 5.75 Å². The summed E-state index contributed by atoms with van der Waals surface area (Å²) in [5.74, 6) is 2.14. The molecule has 1 aromatic rings. The zero-order valence-electron chi connectivity index (χ0n) is 19.0. The number of aliphatic hydroxyl groups excluding tert-OH is 1. The van der Waals surface area contributed by atoms with E-state index >= 15 is 0 Å². The number of amides is 1. The number of benzene rings is 1. The Labute approximate surface area is 185 Å². The molecule has 3 saturated carbocycles. The second-order valence-electron chi connectivity index (χ2n) is 11.0. The zero-order chi connectivity index (χ0) is 22.0. The number of methoxy groups -OCH3 is 1. The number of ketones is 1. The Morgan fingerprint density at radius 1 is 1.06 bits per heavy atom. The smallest absolute Gasteiger partial charge is 0.223 e. The van der Waals surface area contributed by atoms with E-state index in [4.69, 9.17) is 4.74 Å². The van der Waals surface area contributed by atoms with Crippen LogP contribution >= 0.6 is 0 Å². The molecule has 5 heteroatoms. The number of Topliss-reactive ketones (excluding diaryl/α,β-unsaturated/α-hetero) is 1. The number of hydrogen-bond acceptors (Lipinski definition) is 4. The number of nitrogens with zero attached hydrogens (tertiary/aromatic N) is 1. The molecule has 168 valence electrons. The van der Waals surface area contributed by atoms with Gasteiger partial charge in [-0.3, -0.25) is 9.59 Å². The normalized spacial score (nSPS) is 42.1. The first-order valence-electron chi connectivity index (χ1n) is 11.9. The summed E-state index contributed by atoms with van der Waals surface area (Å²) in [6, 6.07) is 8.05. The average Bonchev–Trinajstić information content (AvgIpc) is 3.04. The molecule has 5 nitrogen and oxygen atoms in total. The van der Waals surface area contributed by atoms with Crippen LogP contribution in [-0.2, 0) is 16.1 Å². The largest absolute Gasteiger partial charge is 0.497 e. The number of ether oxygens (including phenoxy) is 1. The molecule has 4 fully saturated rings. The minimum Gasteiger partial charge on any atom is -0.497 e. The monoisotopic (exact) mass is 425 g/mol. The minimum absolute atomic E-state index is 0.0149. The molecule has 0 radical (unpaired) electrons. The van der Waals surface area contributed by atoms with E-state index in [1.54, 1.807) is 7.11 Å². The third-order valence-corrected chi connectivity index (χ3v) is 9.54. The highest BCUT2D eigenvalue weighted by molar-refractivity contribution is 5.85. The van der Waals surface area contributed by atoms with Crippen molar-refractivity contribution in [2.24, 2.45) is 28.6 Å². The van der Waals surface area contributed by atoms with Gasteiger partial charge in [0.2, 0.25) is 5.91 Å². The highest BCUT2D eigenvalue weighted by atomic mass is 16.5. The maximum atomic E-state index is 13.6. The van der Waals surface area contributed by atoms with Gasteiger partial charge >= 0.3 is 0 Å². The van der Waals surface area contributed by atoms with Crippen LogP contribution in [0.3, 0.4) is 0 Å². The third-order valence-electron chi connectivity index (χ3n) is 9.54. The summed E-state index contributed by atoms with van der Waals surface area (Å²) in [4.78, 5) is 28.7. The molecule has 0 spiro atoms. The predicted molar refractivity (Wildman–Crippen MR) is 117 cm³/mol. The van der Waals surface area contributed by atoms with Gasteiger partial charge < -0.3 is 14.7 Å². The van der Waals surface area contributed by atoms with E-state index in [-0.39, 0.29) is 34.8 Å². The van der Waals surface area contributed by atoms with Crippen LogP contribution in [0, 0.1) is 28.6 Å². The van der Waals surface area contributed by atoms with Crippen LogP contribution in [0.1, 0.15) is 64.4 Å². The molecule has 1 amide bonds. The molecule has 0 bridgehead atoms. The van der Waals surface area contributed by atoms with E-state index in [9.17, 15) is 14.7 Å². The minimum atomic E-state index is -0.354. The van der Waals surface area contributed by atoms with Crippen LogP contribution in [0.25, 0.3) is 0 Å². The molecule has 1 saturated heterocycles. The number of fused-ring (bicyclic) bond motifs is 5. The van der Waals surface area contributed by atoms with Gasteiger partial charge in [-0.05, 0) is 67.1 Å². The van der Waals surface area contributed by atoms with Gasteiger partial charge in [0.25, 0.3) is 0 Å². The fraction of sp³-hybridized carbons (Fsp3) is 0.692. The Bertz CT molecular complexity index is 882. The van der Waals surface area contributed by atoms with Crippen molar-refractivity contribution in [3.63, 3.8) is 0 Å². The maximum Gasteiger partial charge on any atom is 0.223 e. The number of likely N-dealkylation sites (tertiary alicyclic amines) is 1. The molecule has 1 unspecified atom stereocenters. The van der Waals surface area contributed by atoms with Gasteiger partial charge in [-0.15, -0.1) is 0 Å². The van der Waals surface area contributed by atoms with Gasteiger partial charge in [0.15, 0.2) is 0 Å². The zero-order valence-corrected chi connectivity index (χ0v) is 19.0. The lowest BCUT2D eigenvalue weighted by molar-refractivity contribution is -0.173. The van der Waals surface area contributed by atoms with E-state index in [1.807, 2.05) is 24.3 Å². The van der Waals surface area contributed by atoms with E-state index in [1.165, 1.54) is 0 Å². The van der Waals surface area contributed by atoms with Gasteiger partial charge in [-0.25, -0.2) is 0 Å². The number of aliphatic hydroxyl groups is 1. The van der Waals surface area contributed by atoms with E-state index in [2.05, 4.69) is 18.7 Å². The third kappa shape index (κ3) is 3.06. The number of carbonyl (C=O) groups excluding carboxylic acids is 2. The summed E-state index contributed by atoms with van der Waals surface area (Å²) in [6.45, 7) is 5.00. The predicted octanol–water partition coefficient (Wildman–Crippen LogP) is 3.97. The molecule has 7 atom stereocenters. The molecular formula is C26H35NO4. The molecule has 0 aromatic heterocycles. The van der Waals surface area contributed by atoms with Crippen LogP contribution in [-0.4, -0.2) is 41.0 Å². The SMILES string of the molecule is COc1ccc(CN2C(=O)CC[C@@]3(C)C2CC[C@H]2[C@@H]4CC[C@H](O)[C@@]4(C)CC(=O)[C@@H]23)cc1. The van der Waals surface area contributed by atoms with Gasteiger partial charge in [0.1, 0.15) is 11.5 Å². The van der Waals surface area contributed by atoms with Crippen LogP contribution < -0.4 is 4.74 Å². The highest BCUT2D eigenvalue weighted by Gasteiger charge is 2.64. The fourth-order valence-electron chi connectivity index (χ4n) is 7.92. The van der Waals surface area contributed by atoms with E-state index < -0.39 is 0 Å². The number of carbonyl (C=O) groups is 2. The summed E-state index contributed by atoms with van der Waals surface area (Å²) in [5.41, 5.74) is 0.672. The maximum absolute atomic E-state index is 13.6. The highest BCUT2D eigenvalue weighted by Crippen LogP contribution is 2.63. The van der Waals surface area contributed by atoms with Gasteiger partial charge in [-0.2, -0.15) is 0 Å². The molecular weight excluding hydrogens is 390 g/mol. The van der Waals surface area contributed by atoms with Crippen molar-refractivity contribution in [2.75, 3.05) is 7.11 Å². The Balaban J connectivity index is 1.44. The molecule has 3 aliphatic carbocycles. The van der Waals surface area contributed by atoms with Crippen LogP contribution in [0.15, 0.2) is 24.3 Å². The lowest BCUT2D eigenvalue weighted by Crippen LogP contribution is -2.64. The Morgan fingerprint density at radius 3 is 2.52 bits per heavy atom. The summed E-state index contributed by atoms with van der Waals surface area (Å²) >= 11 is 0. The molecule has 1 aliphatic heterocycles. The Morgan fingerprint density at radius 2 is 1.81 bits per heavy atom. The first-order valence-corrected chi connectivity index (χ1v) is 11.9. The van der Waals surface area contributed by atoms with Gasteiger partial charge in [0.05, 0.1) is 13.2 Å². The average molecular weight is 426 g/mol. The number of hydrogen-bond donors (Lipinski definition) is 1. The van der Waals surface area contributed by atoms with Crippen molar-refractivity contribution < 1.29 is 19.4 Å². The summed E-state index contributed by atoms with van der Waals surface area (Å²) in [7, 11) is 1.66. The summed E-state index contributed by atoms with van der Waals surface area (Å²) in [6.07, 6.45) is 5.24. The van der Waals surface area contributed by atoms with Gasteiger partial charge in [-0.1, -0.05) is 26.0 Å². The lowest BCUT2D eigenvalue weighted by atomic mass is 9.47. The molecule has 1 N–H and O–H groups in total. The molecule has 5 rings (SSSR count). The van der Waals surface area contributed by atoms with Crippen LogP contribution in [0.2, 0.25) is 0 Å². The molecule has 31 heavy (non-hydrogen) atoms. The topological polar surface area (TPSA) is 66.8 Å². The fourth-order valence-corrected chi connectivity index (χ4v) is 7.92. The molecule has 4 aliphatic rings. The second-order valence-corrected chi connectivity index (χ2v) is 11.0. The summed E-state index contributed by atoms with van der Waals surface area (Å²) in [5, 5.41) is 10.7. The van der Waals surface area contributed by atoms with E-state index in [0.29, 0.717) is 37.0 Å². The van der Waals surface area contributed by atoms with Crippen molar-refractivity contribution in [3.05, 3.63) is 29.8 Å². The lowest BCUT2D eigenvalue weighted by Gasteiger charge is -2.61. The van der Waals surface area contributed by atoms with Crippen LogP contribution in [0.4, 0.5) is 0 Å². The van der Waals surface area contributed by atoms with Crippen LogP contribution in [0.5, 0.6) is 5.75 Å². The van der Waals surface area contributed by atoms with E-state index in [0.717, 1.165) is 43.4 Å². The first kappa shape index (κ1) is 21.0. The van der Waals surface area contributed by atoms with Crippen molar-refractivity contribution in [2.45, 2.75) is 77.5 Å². The number of piperidine rings is 1. The Hall–Kier alpha value is -1.88. The van der Waals surface area contributed by atoms with Crippen molar-refractivity contribution in [1.82, 2.24) is 4.90 Å². The molecule has 1 aromatic carbocycles. The second kappa shape index (κ2) is 7.33. The quantitative estimate of drug-likeness (QED) is 0.796. The number of rotatable bonds is 3. The van der Waals surface area contributed by atoms with Crippen molar-refractivity contribution >= 4 is 11.7 Å². The Kier molecular flexibility index (Phi) is 4.96. The standard InChI is InChI=1S/C26H35NO4/c1-25-13-12-23(30)27(15-16-4-6-17(31-3)7-5-16)21(25)10-8-18-19-9-11-22(29)26(19,2)14-20(28)24(18)25/h4-7,18-19,21-22,24,29H,8-15H2,1-3H3/t18-,19-,21?,22-,24+,25-,26-/m0/s1. The van der Waals surface area contributed by atoms with Crippen molar-refractivity contribution in [1.29, 1.82) is 0 Å². The molecule has 1 heterocycles. The summed E-state index contributed by atoms with van der Waals surface area (Å²) < 4.78 is 5.27. The first-order chi connectivity index (χ1) is 14.8. The van der Waals surface area contributed by atoms with Gasteiger partial charge in [0, 0.05) is 36.8 Å².